The van der Waals surface area contributed by atoms with Crippen LogP contribution in [-0.4, -0.2) is 21.0 Å². The maximum atomic E-state index is 13.6. The normalized spacial score (nSPS) is 22.0. The molecule has 31 heavy (non-hydrogen) atoms. The summed E-state index contributed by atoms with van der Waals surface area (Å²) in [6, 6.07) is 14.7. The molecule has 1 saturated heterocycles. The zero-order valence-corrected chi connectivity index (χ0v) is 19.3. The highest BCUT2D eigenvalue weighted by molar-refractivity contribution is 9.10. The minimum atomic E-state index is -0.286. The number of pyridine rings is 1. The summed E-state index contributed by atoms with van der Waals surface area (Å²) >= 11 is 9.26. The average Bonchev–Trinajstić information content (AvgIpc) is 3.39. The van der Waals surface area contributed by atoms with Crippen LogP contribution in [0.25, 0.3) is 11.3 Å². The Morgan fingerprint density at radius 3 is 2.68 bits per heavy atom. The van der Waals surface area contributed by atoms with Crippen molar-refractivity contribution in [3.05, 3.63) is 76.5 Å². The maximum Gasteiger partial charge on any atom is 0.170 e. The van der Waals surface area contributed by atoms with Crippen LogP contribution >= 0.6 is 28.1 Å². The molecule has 2 aliphatic rings. The number of aromatic nitrogens is 1. The van der Waals surface area contributed by atoms with Crippen LogP contribution < -0.4 is 5.32 Å². The molecule has 0 unspecified atom stereocenters. The molecule has 5 rings (SSSR count). The second-order valence-electron chi connectivity index (χ2n) is 8.15. The van der Waals surface area contributed by atoms with Crippen molar-refractivity contribution in [2.45, 2.75) is 50.2 Å². The quantitative estimate of drug-likeness (QED) is 0.412. The Balaban J connectivity index is 1.55. The summed E-state index contributed by atoms with van der Waals surface area (Å²) in [4.78, 5) is 6.93. The lowest BCUT2D eigenvalue weighted by atomic mass is 9.92. The lowest BCUT2D eigenvalue weighted by molar-refractivity contribution is 0.179. The van der Waals surface area contributed by atoms with Crippen LogP contribution in [0.5, 0.6) is 0 Å². The molecule has 2 atom stereocenters. The van der Waals surface area contributed by atoms with Gasteiger partial charge in [-0.1, -0.05) is 25.3 Å². The Hall–Kier alpha value is -2.25. The molecule has 1 aromatic carbocycles. The van der Waals surface area contributed by atoms with Gasteiger partial charge in [0.2, 0.25) is 0 Å². The molecule has 2 fully saturated rings. The van der Waals surface area contributed by atoms with E-state index < -0.39 is 0 Å². The van der Waals surface area contributed by atoms with Crippen LogP contribution in [0, 0.1) is 5.82 Å². The van der Waals surface area contributed by atoms with Crippen molar-refractivity contribution in [3.63, 3.8) is 0 Å². The molecule has 1 saturated carbocycles. The fourth-order valence-corrected chi connectivity index (χ4v) is 5.70. The van der Waals surface area contributed by atoms with Gasteiger partial charge in [0.15, 0.2) is 5.11 Å². The number of halogens is 2. The molecule has 7 heteroatoms. The van der Waals surface area contributed by atoms with E-state index in [9.17, 15) is 4.39 Å². The topological polar surface area (TPSA) is 41.3 Å². The molecule has 3 aromatic rings. The predicted molar refractivity (Wildman–Crippen MR) is 126 cm³/mol. The molecule has 4 nitrogen and oxygen atoms in total. The van der Waals surface area contributed by atoms with Gasteiger partial charge in [0.25, 0.3) is 0 Å². The van der Waals surface area contributed by atoms with E-state index in [0.717, 1.165) is 35.0 Å². The number of benzene rings is 1. The fourth-order valence-electron chi connectivity index (χ4n) is 4.77. The van der Waals surface area contributed by atoms with Gasteiger partial charge in [-0.05, 0) is 83.5 Å². The Bertz CT molecular complexity index is 1080. The van der Waals surface area contributed by atoms with Gasteiger partial charge in [0, 0.05) is 22.3 Å². The van der Waals surface area contributed by atoms with Gasteiger partial charge in [-0.25, -0.2) is 4.39 Å². The van der Waals surface area contributed by atoms with Gasteiger partial charge < -0.3 is 14.6 Å². The third-order valence-corrected chi connectivity index (χ3v) is 7.20. The summed E-state index contributed by atoms with van der Waals surface area (Å²) in [7, 11) is 0. The van der Waals surface area contributed by atoms with Crippen LogP contribution in [-0.2, 0) is 0 Å². The monoisotopic (exact) mass is 499 g/mol. The molecule has 1 aliphatic heterocycles. The van der Waals surface area contributed by atoms with Crippen LogP contribution in [0.15, 0.2) is 63.6 Å². The first kappa shape index (κ1) is 20.6. The van der Waals surface area contributed by atoms with E-state index in [-0.39, 0.29) is 17.9 Å². The van der Waals surface area contributed by atoms with E-state index in [1.165, 1.54) is 31.4 Å². The Morgan fingerprint density at radius 1 is 1.10 bits per heavy atom. The number of hydrogen-bond donors (Lipinski definition) is 1. The summed E-state index contributed by atoms with van der Waals surface area (Å²) in [5, 5.41) is 4.27. The van der Waals surface area contributed by atoms with Crippen molar-refractivity contribution in [3.8, 4) is 11.3 Å². The van der Waals surface area contributed by atoms with E-state index in [1.807, 2.05) is 36.5 Å². The molecule has 0 spiro atoms. The number of nitrogens with zero attached hydrogens (tertiary/aromatic N) is 2. The van der Waals surface area contributed by atoms with Gasteiger partial charge in [0.05, 0.1) is 11.7 Å². The number of hydrogen-bond acceptors (Lipinski definition) is 3. The summed E-state index contributed by atoms with van der Waals surface area (Å²) in [6.45, 7) is 0. The molecular formula is C24H23BrFN3OS. The average molecular weight is 500 g/mol. The lowest BCUT2D eigenvalue weighted by Gasteiger charge is -2.36. The Morgan fingerprint density at radius 2 is 1.94 bits per heavy atom. The minimum Gasteiger partial charge on any atom is -0.459 e. The highest BCUT2D eigenvalue weighted by atomic mass is 79.9. The lowest BCUT2D eigenvalue weighted by Crippen LogP contribution is -2.40. The van der Waals surface area contributed by atoms with E-state index in [0.29, 0.717) is 16.3 Å². The first-order chi connectivity index (χ1) is 15.1. The van der Waals surface area contributed by atoms with E-state index >= 15 is 0 Å². The number of rotatable bonds is 4. The predicted octanol–water partition coefficient (Wildman–Crippen LogP) is 6.55. The van der Waals surface area contributed by atoms with Crippen LogP contribution in [0.2, 0.25) is 0 Å². The molecule has 0 amide bonds. The molecule has 0 radical (unpaired) electrons. The second-order valence-corrected chi connectivity index (χ2v) is 9.39. The van der Waals surface area contributed by atoms with Crippen molar-refractivity contribution in [1.82, 2.24) is 15.2 Å². The Labute approximate surface area is 195 Å². The van der Waals surface area contributed by atoms with Gasteiger partial charge in [0.1, 0.15) is 23.4 Å². The SMILES string of the molecule is Fc1ccc(-c2ccc([C@@H]3[C@H](c4ccccn4)NC(=S)N3C3CCCCC3)o2)c(Br)c1. The van der Waals surface area contributed by atoms with E-state index in [2.05, 4.69) is 31.1 Å². The smallest absolute Gasteiger partial charge is 0.170 e. The van der Waals surface area contributed by atoms with Crippen molar-refractivity contribution in [1.29, 1.82) is 0 Å². The largest absolute Gasteiger partial charge is 0.459 e. The number of furan rings is 1. The van der Waals surface area contributed by atoms with E-state index in [1.54, 1.807) is 6.07 Å². The Kier molecular flexibility index (Phi) is 5.80. The third kappa shape index (κ3) is 4.01. The first-order valence-corrected chi connectivity index (χ1v) is 11.9. The molecule has 1 aliphatic carbocycles. The zero-order chi connectivity index (χ0) is 21.4. The highest BCUT2D eigenvalue weighted by Gasteiger charge is 2.44. The van der Waals surface area contributed by atoms with Crippen LogP contribution in [0.1, 0.15) is 55.6 Å². The molecule has 160 valence electrons. The molecular weight excluding hydrogens is 477 g/mol. The van der Waals surface area contributed by atoms with E-state index in [4.69, 9.17) is 16.6 Å². The zero-order valence-electron chi connectivity index (χ0n) is 16.9. The summed E-state index contributed by atoms with van der Waals surface area (Å²) in [5.74, 6) is 1.24. The second kappa shape index (κ2) is 8.71. The standard InChI is InChI=1S/C24H23BrFN3OS/c25-18-14-15(26)9-10-17(18)20-11-12-21(30-20)23-22(19-8-4-5-13-27-19)28-24(31)29(23)16-6-2-1-3-7-16/h4-5,8-14,16,22-23H,1-3,6-7H2,(H,28,31)/t22-,23+/m0/s1. The number of nitrogens with one attached hydrogen (secondary N) is 1. The third-order valence-electron chi connectivity index (χ3n) is 6.22. The summed E-state index contributed by atoms with van der Waals surface area (Å²) < 4.78 is 20.6. The first-order valence-electron chi connectivity index (χ1n) is 10.7. The van der Waals surface area contributed by atoms with Crippen LogP contribution in [0.3, 0.4) is 0 Å². The van der Waals surface area contributed by atoms with Crippen molar-refractivity contribution in [2.75, 3.05) is 0 Å². The van der Waals surface area contributed by atoms with Gasteiger partial charge >= 0.3 is 0 Å². The molecule has 3 heterocycles. The van der Waals surface area contributed by atoms with Crippen molar-refractivity contribution >= 4 is 33.3 Å². The highest BCUT2D eigenvalue weighted by Crippen LogP contribution is 2.44. The van der Waals surface area contributed by atoms with Gasteiger partial charge in [-0.2, -0.15) is 0 Å². The molecule has 2 aromatic heterocycles. The minimum absolute atomic E-state index is 0.0847. The van der Waals surface area contributed by atoms with Gasteiger partial charge in [-0.3, -0.25) is 4.98 Å². The van der Waals surface area contributed by atoms with Crippen LogP contribution in [0.4, 0.5) is 4.39 Å². The molecule has 0 bridgehead atoms. The summed E-state index contributed by atoms with van der Waals surface area (Å²) in [5.41, 5.74) is 1.76. The fraction of sp³-hybridized carbons (Fsp3) is 0.333. The maximum absolute atomic E-state index is 13.6. The van der Waals surface area contributed by atoms with Gasteiger partial charge in [-0.15, -0.1) is 0 Å². The molecule has 1 N–H and O–H groups in total. The van der Waals surface area contributed by atoms with Crippen molar-refractivity contribution < 1.29 is 8.81 Å². The summed E-state index contributed by atoms with van der Waals surface area (Å²) in [6.07, 6.45) is 7.79. The van der Waals surface area contributed by atoms with Crippen molar-refractivity contribution in [2.24, 2.45) is 0 Å². The number of thiocarbonyl (C=S) groups is 1.